The average Bonchev–Trinajstić information content (AvgIpc) is 2.07. The van der Waals surface area contributed by atoms with Crippen LogP contribution in [-0.2, 0) is 0 Å². The van der Waals surface area contributed by atoms with Gasteiger partial charge < -0.3 is 10.2 Å². The van der Waals surface area contributed by atoms with Crippen molar-refractivity contribution in [3.8, 4) is 0 Å². The topological polar surface area (TPSA) is 39.1 Å². The highest BCUT2D eigenvalue weighted by molar-refractivity contribution is 5.79. The molecule has 0 aliphatic carbocycles. The molecule has 1 saturated heterocycles. The summed E-state index contributed by atoms with van der Waals surface area (Å²) in [6.45, 7) is 6.21. The predicted octanol–water partition coefficient (Wildman–Crippen LogP) is 0.669. The molecule has 3 nitrogen and oxygen atoms in total. The normalized spacial score (nSPS) is 18.5. The number of hydrogen-bond acceptors (Lipinski definition) is 2. The molecule has 0 radical (unpaired) electrons. The number of amidine groups is 1. The first-order chi connectivity index (χ1) is 5.34. The van der Waals surface area contributed by atoms with Gasteiger partial charge in [-0.15, -0.1) is 0 Å². The summed E-state index contributed by atoms with van der Waals surface area (Å²) in [7, 11) is 0. The summed E-state index contributed by atoms with van der Waals surface area (Å²) in [5.41, 5.74) is 0. The van der Waals surface area contributed by atoms with Gasteiger partial charge in [0.05, 0.1) is 5.84 Å². The molecule has 1 heterocycles. The first-order valence-corrected chi connectivity index (χ1v) is 4.37. The highest BCUT2D eigenvalue weighted by atomic mass is 15.2. The van der Waals surface area contributed by atoms with Crippen LogP contribution in [0.1, 0.15) is 19.8 Å². The van der Waals surface area contributed by atoms with E-state index in [-0.39, 0.29) is 0 Å². The summed E-state index contributed by atoms with van der Waals surface area (Å²) in [6, 6.07) is 0. The van der Waals surface area contributed by atoms with Crippen LogP contribution in [0.2, 0.25) is 0 Å². The summed E-state index contributed by atoms with van der Waals surface area (Å²) in [5.74, 6) is 0.814. The molecule has 0 aromatic rings. The highest BCUT2D eigenvalue weighted by Gasteiger charge is 2.11. The van der Waals surface area contributed by atoms with E-state index in [1.165, 1.54) is 0 Å². The molecular weight excluding hydrogens is 138 g/mol. The van der Waals surface area contributed by atoms with Crippen LogP contribution in [0.5, 0.6) is 0 Å². The molecule has 0 aromatic carbocycles. The van der Waals surface area contributed by atoms with Crippen LogP contribution < -0.4 is 5.32 Å². The van der Waals surface area contributed by atoms with Crippen LogP contribution in [0.4, 0.5) is 0 Å². The van der Waals surface area contributed by atoms with E-state index >= 15 is 0 Å². The zero-order valence-electron chi connectivity index (χ0n) is 7.19. The number of nitrogens with zero attached hydrogens (tertiary/aromatic N) is 1. The van der Waals surface area contributed by atoms with E-state index in [0.29, 0.717) is 0 Å². The molecule has 0 unspecified atom stereocenters. The Balaban J connectivity index is 2.27. The third kappa shape index (κ3) is 2.50. The minimum absolute atomic E-state index is 0.814. The fourth-order valence-corrected chi connectivity index (χ4v) is 1.33. The van der Waals surface area contributed by atoms with E-state index in [4.69, 9.17) is 5.41 Å². The zero-order chi connectivity index (χ0) is 8.10. The summed E-state index contributed by atoms with van der Waals surface area (Å²) in [4.78, 5) is 2.17. The summed E-state index contributed by atoms with van der Waals surface area (Å²) in [6.07, 6.45) is 2.02. The predicted molar refractivity (Wildman–Crippen MR) is 47.1 cm³/mol. The molecule has 0 saturated carbocycles. The second-order valence-electron chi connectivity index (χ2n) is 2.93. The van der Waals surface area contributed by atoms with Gasteiger partial charge in [0.25, 0.3) is 0 Å². The maximum atomic E-state index is 7.68. The average molecular weight is 155 g/mol. The minimum Gasteiger partial charge on any atom is -0.358 e. The molecule has 1 aliphatic heterocycles. The quantitative estimate of drug-likeness (QED) is 0.454. The van der Waals surface area contributed by atoms with Crippen molar-refractivity contribution >= 4 is 5.84 Å². The van der Waals surface area contributed by atoms with Gasteiger partial charge in [-0.1, -0.05) is 6.92 Å². The van der Waals surface area contributed by atoms with Crippen molar-refractivity contribution in [1.29, 1.82) is 5.41 Å². The Morgan fingerprint density at radius 2 is 2.09 bits per heavy atom. The minimum atomic E-state index is 0.814. The van der Waals surface area contributed by atoms with Gasteiger partial charge in [-0.25, -0.2) is 0 Å². The Labute approximate surface area is 68.3 Å². The van der Waals surface area contributed by atoms with Gasteiger partial charge in [-0.3, -0.25) is 5.41 Å². The fourth-order valence-electron chi connectivity index (χ4n) is 1.33. The van der Waals surface area contributed by atoms with Gasteiger partial charge in [0.1, 0.15) is 0 Å². The van der Waals surface area contributed by atoms with Gasteiger partial charge in [-0.05, 0) is 6.42 Å². The Morgan fingerprint density at radius 3 is 2.64 bits per heavy atom. The Hall–Kier alpha value is -0.570. The molecule has 11 heavy (non-hydrogen) atoms. The first-order valence-electron chi connectivity index (χ1n) is 4.37. The first kappa shape index (κ1) is 8.53. The van der Waals surface area contributed by atoms with Crippen molar-refractivity contribution in [2.75, 3.05) is 26.2 Å². The maximum absolute atomic E-state index is 7.68. The largest absolute Gasteiger partial charge is 0.358 e. The second-order valence-corrected chi connectivity index (χ2v) is 2.93. The summed E-state index contributed by atoms with van der Waals surface area (Å²) in [5, 5.41) is 11.0. The van der Waals surface area contributed by atoms with Crippen molar-refractivity contribution in [1.82, 2.24) is 10.2 Å². The Morgan fingerprint density at radius 1 is 1.45 bits per heavy atom. The number of piperazine rings is 1. The number of rotatable bonds is 2. The lowest BCUT2D eigenvalue weighted by molar-refractivity contribution is 0.349. The van der Waals surface area contributed by atoms with Crippen LogP contribution in [0.3, 0.4) is 0 Å². The van der Waals surface area contributed by atoms with Crippen LogP contribution in [0, 0.1) is 5.41 Å². The lowest BCUT2D eigenvalue weighted by Crippen LogP contribution is -2.46. The maximum Gasteiger partial charge on any atom is 0.0958 e. The van der Waals surface area contributed by atoms with Crippen LogP contribution in [0.15, 0.2) is 0 Å². The monoisotopic (exact) mass is 155 g/mol. The molecule has 1 aliphatic rings. The van der Waals surface area contributed by atoms with Gasteiger partial charge in [0.15, 0.2) is 0 Å². The van der Waals surface area contributed by atoms with E-state index in [1.54, 1.807) is 0 Å². The molecule has 64 valence electrons. The van der Waals surface area contributed by atoms with E-state index in [0.717, 1.165) is 44.9 Å². The Kier molecular flexibility index (Phi) is 3.36. The molecule has 2 N–H and O–H groups in total. The van der Waals surface area contributed by atoms with Crippen LogP contribution >= 0.6 is 0 Å². The van der Waals surface area contributed by atoms with Gasteiger partial charge in [0.2, 0.25) is 0 Å². The Bertz CT molecular complexity index is 127. The van der Waals surface area contributed by atoms with E-state index < -0.39 is 0 Å². The summed E-state index contributed by atoms with van der Waals surface area (Å²) < 4.78 is 0. The molecule has 0 spiro atoms. The number of nitrogens with one attached hydrogen (secondary N) is 2. The molecule has 1 fully saturated rings. The van der Waals surface area contributed by atoms with Crippen molar-refractivity contribution in [2.24, 2.45) is 0 Å². The third-order valence-corrected chi connectivity index (χ3v) is 1.99. The molecule has 3 heteroatoms. The standard InChI is InChI=1S/C8H17N3/c1-2-3-8(9)11-6-4-10-5-7-11/h9-10H,2-7H2,1H3. The number of hydrogen-bond donors (Lipinski definition) is 2. The van der Waals surface area contributed by atoms with Gasteiger partial charge in [0, 0.05) is 32.6 Å². The molecule has 0 amide bonds. The zero-order valence-corrected chi connectivity index (χ0v) is 7.19. The van der Waals surface area contributed by atoms with E-state index in [2.05, 4.69) is 17.1 Å². The molecule has 0 bridgehead atoms. The highest BCUT2D eigenvalue weighted by Crippen LogP contribution is 1.99. The smallest absolute Gasteiger partial charge is 0.0958 e. The molecule has 0 atom stereocenters. The molecule has 0 aromatic heterocycles. The van der Waals surface area contributed by atoms with Crippen molar-refractivity contribution in [3.05, 3.63) is 0 Å². The second kappa shape index (κ2) is 4.34. The van der Waals surface area contributed by atoms with E-state index in [9.17, 15) is 0 Å². The van der Waals surface area contributed by atoms with Crippen molar-refractivity contribution in [2.45, 2.75) is 19.8 Å². The molecule has 1 rings (SSSR count). The third-order valence-electron chi connectivity index (χ3n) is 1.99. The van der Waals surface area contributed by atoms with Crippen molar-refractivity contribution in [3.63, 3.8) is 0 Å². The molecular formula is C8H17N3. The van der Waals surface area contributed by atoms with E-state index in [1.807, 2.05) is 0 Å². The van der Waals surface area contributed by atoms with Gasteiger partial charge in [-0.2, -0.15) is 0 Å². The lowest BCUT2D eigenvalue weighted by atomic mass is 10.2. The lowest BCUT2D eigenvalue weighted by Gasteiger charge is -2.29. The SMILES string of the molecule is CCCC(=N)N1CCNCC1. The van der Waals surface area contributed by atoms with Crippen LogP contribution in [-0.4, -0.2) is 36.9 Å². The van der Waals surface area contributed by atoms with Crippen molar-refractivity contribution < 1.29 is 0 Å². The van der Waals surface area contributed by atoms with Crippen LogP contribution in [0.25, 0.3) is 0 Å². The summed E-state index contributed by atoms with van der Waals surface area (Å²) >= 11 is 0. The fraction of sp³-hybridized carbons (Fsp3) is 0.875. The van der Waals surface area contributed by atoms with Gasteiger partial charge >= 0.3 is 0 Å².